The number of aromatic nitrogens is 1. The van der Waals surface area contributed by atoms with Gasteiger partial charge in [0.25, 0.3) is 0 Å². The maximum Gasteiger partial charge on any atom is 0.341 e. The summed E-state index contributed by atoms with van der Waals surface area (Å²) >= 11 is 0. The molecule has 1 aromatic carbocycles. The number of esters is 1. The molecule has 0 aliphatic heterocycles. The number of fused-ring (bicyclic) bond motifs is 4. The van der Waals surface area contributed by atoms with Gasteiger partial charge in [-0.3, -0.25) is 9.59 Å². The van der Waals surface area contributed by atoms with Crippen LogP contribution in [0.15, 0.2) is 48.7 Å². The van der Waals surface area contributed by atoms with Gasteiger partial charge in [-0.2, -0.15) is 0 Å². The molecule has 2 aromatic heterocycles. The van der Waals surface area contributed by atoms with E-state index in [9.17, 15) is 14.4 Å². The molecule has 0 N–H and O–H groups in total. The Morgan fingerprint density at radius 2 is 1.69 bits per heavy atom. The highest BCUT2D eigenvalue weighted by Gasteiger charge is 2.38. The summed E-state index contributed by atoms with van der Waals surface area (Å²) in [5.74, 6) is -1.14. The number of ether oxygens (including phenoxy) is 1. The Morgan fingerprint density at radius 3 is 2.42 bits per heavy atom. The van der Waals surface area contributed by atoms with E-state index in [-0.39, 0.29) is 35.0 Å². The smallest absolute Gasteiger partial charge is 0.341 e. The zero-order chi connectivity index (χ0) is 18.3. The van der Waals surface area contributed by atoms with Crippen LogP contribution in [0.2, 0.25) is 0 Å². The fourth-order valence-corrected chi connectivity index (χ4v) is 3.38. The highest BCUT2D eigenvalue weighted by Crippen LogP contribution is 2.34. The van der Waals surface area contributed by atoms with Crippen molar-refractivity contribution in [2.24, 2.45) is 0 Å². The highest BCUT2D eigenvalue weighted by molar-refractivity contribution is 6.31. The molecule has 5 heteroatoms. The van der Waals surface area contributed by atoms with Crippen LogP contribution in [0.3, 0.4) is 0 Å². The van der Waals surface area contributed by atoms with Crippen molar-refractivity contribution in [1.82, 2.24) is 4.40 Å². The lowest BCUT2D eigenvalue weighted by Gasteiger charge is -2.15. The lowest BCUT2D eigenvalue weighted by Crippen LogP contribution is -2.23. The molecule has 0 saturated carbocycles. The zero-order valence-corrected chi connectivity index (χ0v) is 14.3. The summed E-state index contributed by atoms with van der Waals surface area (Å²) < 4.78 is 6.97. The van der Waals surface area contributed by atoms with E-state index < -0.39 is 5.97 Å². The first-order valence-corrected chi connectivity index (χ1v) is 8.63. The number of ketones is 2. The van der Waals surface area contributed by atoms with Crippen molar-refractivity contribution in [2.75, 3.05) is 6.61 Å². The van der Waals surface area contributed by atoms with Crippen molar-refractivity contribution < 1.29 is 19.1 Å². The van der Waals surface area contributed by atoms with Crippen molar-refractivity contribution in [2.45, 2.75) is 19.8 Å². The van der Waals surface area contributed by atoms with E-state index in [2.05, 4.69) is 0 Å². The molecule has 2 heterocycles. The third kappa shape index (κ3) is 2.28. The number of benzene rings is 1. The summed E-state index contributed by atoms with van der Waals surface area (Å²) in [7, 11) is 0. The van der Waals surface area contributed by atoms with Gasteiger partial charge >= 0.3 is 5.97 Å². The Kier molecular flexibility index (Phi) is 3.92. The molecule has 5 nitrogen and oxygen atoms in total. The second kappa shape index (κ2) is 6.26. The van der Waals surface area contributed by atoms with Gasteiger partial charge in [-0.25, -0.2) is 4.79 Å². The van der Waals surface area contributed by atoms with Gasteiger partial charge in [0.2, 0.25) is 5.78 Å². The fourth-order valence-electron chi connectivity index (χ4n) is 3.38. The number of carbonyl (C=O) groups is 3. The first-order valence-electron chi connectivity index (χ1n) is 8.63. The van der Waals surface area contributed by atoms with Crippen LogP contribution in [0, 0.1) is 0 Å². The van der Waals surface area contributed by atoms with E-state index in [1.54, 1.807) is 53.1 Å². The summed E-state index contributed by atoms with van der Waals surface area (Å²) in [6.07, 6.45) is 3.33. The molecule has 0 unspecified atom stereocenters. The van der Waals surface area contributed by atoms with Gasteiger partial charge in [0, 0.05) is 17.3 Å². The zero-order valence-electron chi connectivity index (χ0n) is 14.3. The van der Waals surface area contributed by atoms with Crippen molar-refractivity contribution in [1.29, 1.82) is 0 Å². The number of pyridine rings is 1. The molecular weight excluding hydrogens is 330 g/mol. The molecule has 1 aliphatic rings. The van der Waals surface area contributed by atoms with E-state index >= 15 is 0 Å². The maximum atomic E-state index is 13.1. The topological polar surface area (TPSA) is 64.8 Å². The van der Waals surface area contributed by atoms with E-state index in [0.29, 0.717) is 16.6 Å². The number of hydrogen-bond acceptors (Lipinski definition) is 4. The number of unbranched alkanes of at least 4 members (excludes halogenated alkanes) is 1. The third-order valence-electron chi connectivity index (χ3n) is 4.64. The number of rotatable bonds is 4. The first kappa shape index (κ1) is 16.3. The minimum absolute atomic E-state index is 0.140. The average Bonchev–Trinajstić information content (AvgIpc) is 3.02. The Morgan fingerprint density at radius 1 is 1.00 bits per heavy atom. The van der Waals surface area contributed by atoms with Crippen LogP contribution in [0.4, 0.5) is 0 Å². The molecular formula is C21H17NO4. The number of nitrogens with zero attached hydrogens (tertiary/aromatic N) is 1. The maximum absolute atomic E-state index is 13.1. The lowest BCUT2D eigenvalue weighted by atomic mass is 9.86. The van der Waals surface area contributed by atoms with Crippen molar-refractivity contribution in [3.05, 3.63) is 76.6 Å². The molecule has 26 heavy (non-hydrogen) atoms. The van der Waals surface area contributed by atoms with E-state index in [0.717, 1.165) is 12.8 Å². The molecule has 130 valence electrons. The standard InChI is InChI=1S/C21H17NO4/c1-2-3-12-26-21(25)16-15-10-6-7-11-22(15)18-17(16)19(23)13-8-4-5-9-14(13)20(18)24/h4-11H,2-3,12H2,1H3. The Bertz CT molecular complexity index is 1060. The van der Waals surface area contributed by atoms with Crippen LogP contribution < -0.4 is 0 Å². The molecule has 3 aromatic rings. The lowest BCUT2D eigenvalue weighted by molar-refractivity contribution is 0.0499. The highest BCUT2D eigenvalue weighted by atomic mass is 16.5. The summed E-state index contributed by atoms with van der Waals surface area (Å²) in [4.78, 5) is 38.9. The third-order valence-corrected chi connectivity index (χ3v) is 4.64. The van der Waals surface area contributed by atoms with Gasteiger partial charge in [-0.15, -0.1) is 0 Å². The quantitative estimate of drug-likeness (QED) is 0.417. The van der Waals surface area contributed by atoms with Gasteiger partial charge in [-0.1, -0.05) is 43.7 Å². The molecule has 0 atom stereocenters. The van der Waals surface area contributed by atoms with Crippen LogP contribution in [0.1, 0.15) is 62.1 Å². The molecule has 4 rings (SSSR count). The van der Waals surface area contributed by atoms with E-state index in [1.165, 1.54) is 0 Å². The molecule has 0 spiro atoms. The van der Waals surface area contributed by atoms with Crippen LogP contribution in [0.25, 0.3) is 5.52 Å². The summed E-state index contributed by atoms with van der Waals surface area (Å²) in [6, 6.07) is 11.9. The van der Waals surface area contributed by atoms with Crippen LogP contribution in [-0.4, -0.2) is 28.5 Å². The van der Waals surface area contributed by atoms with Gasteiger partial charge in [0.1, 0.15) is 5.69 Å². The first-order chi connectivity index (χ1) is 12.6. The van der Waals surface area contributed by atoms with Crippen LogP contribution in [-0.2, 0) is 4.74 Å². The molecule has 0 fully saturated rings. The Labute approximate surface area is 150 Å². The minimum atomic E-state index is -0.566. The number of hydrogen-bond donors (Lipinski definition) is 0. The predicted molar refractivity (Wildman–Crippen MR) is 95.9 cm³/mol. The Balaban J connectivity index is 1.96. The van der Waals surface area contributed by atoms with Crippen LogP contribution in [0.5, 0.6) is 0 Å². The summed E-state index contributed by atoms with van der Waals surface area (Å²) in [6.45, 7) is 2.29. The average molecular weight is 347 g/mol. The minimum Gasteiger partial charge on any atom is -0.462 e. The molecule has 0 bridgehead atoms. The second-order valence-corrected chi connectivity index (χ2v) is 6.25. The fraction of sp³-hybridized carbons (Fsp3) is 0.190. The monoisotopic (exact) mass is 347 g/mol. The molecule has 0 saturated heterocycles. The van der Waals surface area contributed by atoms with Crippen LogP contribution >= 0.6 is 0 Å². The SMILES string of the molecule is CCCCOC(=O)c1c2c(n3ccccc13)C(=O)c1ccccc1C2=O. The van der Waals surface area contributed by atoms with E-state index in [4.69, 9.17) is 4.74 Å². The molecule has 1 aliphatic carbocycles. The van der Waals surface area contributed by atoms with E-state index in [1.807, 2.05) is 6.92 Å². The van der Waals surface area contributed by atoms with Gasteiger partial charge in [-0.05, 0) is 18.6 Å². The largest absolute Gasteiger partial charge is 0.462 e. The molecule has 0 radical (unpaired) electrons. The predicted octanol–water partition coefficient (Wildman–Crippen LogP) is 3.67. The second-order valence-electron chi connectivity index (χ2n) is 6.25. The molecule has 0 amide bonds. The van der Waals surface area contributed by atoms with Gasteiger partial charge < -0.3 is 9.14 Å². The normalized spacial score (nSPS) is 12.8. The van der Waals surface area contributed by atoms with Gasteiger partial charge in [0.05, 0.1) is 23.3 Å². The summed E-state index contributed by atoms with van der Waals surface area (Å²) in [5, 5.41) is 0. The number of carbonyl (C=O) groups excluding carboxylic acids is 3. The van der Waals surface area contributed by atoms with Crippen molar-refractivity contribution in [3.63, 3.8) is 0 Å². The van der Waals surface area contributed by atoms with Gasteiger partial charge in [0.15, 0.2) is 5.78 Å². The van der Waals surface area contributed by atoms with Crippen molar-refractivity contribution >= 4 is 23.1 Å². The summed E-state index contributed by atoms with van der Waals surface area (Å²) in [5.41, 5.74) is 1.73. The Hall–Kier alpha value is -3.21. The van der Waals surface area contributed by atoms with Crippen molar-refractivity contribution in [3.8, 4) is 0 Å².